The molecule has 0 radical (unpaired) electrons. The second-order valence-corrected chi connectivity index (χ2v) is 5.69. The van der Waals surface area contributed by atoms with Crippen molar-refractivity contribution in [2.24, 2.45) is 0 Å². The van der Waals surface area contributed by atoms with Gasteiger partial charge in [-0.25, -0.2) is 8.78 Å². The lowest BCUT2D eigenvalue weighted by molar-refractivity contribution is 0.492. The van der Waals surface area contributed by atoms with Gasteiger partial charge in [-0.1, -0.05) is 6.07 Å². The lowest BCUT2D eigenvalue weighted by atomic mass is 9.83. The second-order valence-electron chi connectivity index (χ2n) is 5.69. The molecule has 2 aromatic rings. The Morgan fingerprint density at radius 3 is 2.57 bits per heavy atom. The van der Waals surface area contributed by atoms with Crippen molar-refractivity contribution in [3.63, 3.8) is 0 Å². The molecular formula is C16H15ClF2N2. The van der Waals surface area contributed by atoms with Crippen LogP contribution in [0.5, 0.6) is 0 Å². The van der Waals surface area contributed by atoms with E-state index in [1.165, 1.54) is 12.3 Å². The molecule has 21 heavy (non-hydrogen) atoms. The van der Waals surface area contributed by atoms with E-state index < -0.39 is 0 Å². The molecule has 1 aliphatic carbocycles. The summed E-state index contributed by atoms with van der Waals surface area (Å²) < 4.78 is 28.2. The quantitative estimate of drug-likeness (QED) is 0.871. The summed E-state index contributed by atoms with van der Waals surface area (Å²) >= 11 is 0. The van der Waals surface area contributed by atoms with Gasteiger partial charge in [0.2, 0.25) is 0 Å². The standard InChI is InChI=1S/C16H14F2N2.ClH/c17-13-2-1-10(11-3-6-19-8-14(11)18)12-7-20-9-16(4-5-16)15(12)13;/h1-3,6,8,20H,4-5,7,9H2;1H. The van der Waals surface area contributed by atoms with Crippen LogP contribution in [0.3, 0.4) is 0 Å². The number of nitrogens with zero attached hydrogens (tertiary/aromatic N) is 1. The summed E-state index contributed by atoms with van der Waals surface area (Å²) in [5.41, 5.74) is 2.91. The van der Waals surface area contributed by atoms with Gasteiger partial charge >= 0.3 is 0 Å². The minimum absolute atomic E-state index is 0. The van der Waals surface area contributed by atoms with Crippen molar-refractivity contribution in [1.29, 1.82) is 0 Å². The fraction of sp³-hybridized carbons (Fsp3) is 0.312. The monoisotopic (exact) mass is 308 g/mol. The third-order valence-electron chi connectivity index (χ3n) is 4.47. The Morgan fingerprint density at radius 1 is 1.05 bits per heavy atom. The molecular weight excluding hydrogens is 294 g/mol. The lowest BCUT2D eigenvalue weighted by Gasteiger charge is -2.28. The van der Waals surface area contributed by atoms with Crippen molar-refractivity contribution in [3.05, 3.63) is 53.4 Å². The Labute approximate surface area is 128 Å². The van der Waals surface area contributed by atoms with Crippen molar-refractivity contribution in [2.75, 3.05) is 6.54 Å². The van der Waals surface area contributed by atoms with E-state index in [-0.39, 0.29) is 29.5 Å². The molecule has 0 amide bonds. The highest BCUT2D eigenvalue weighted by Crippen LogP contribution is 2.52. The first-order chi connectivity index (χ1) is 9.71. The van der Waals surface area contributed by atoms with Crippen molar-refractivity contribution < 1.29 is 8.78 Å². The molecule has 0 unspecified atom stereocenters. The van der Waals surface area contributed by atoms with Crippen molar-refractivity contribution in [1.82, 2.24) is 10.3 Å². The Kier molecular flexibility index (Phi) is 3.46. The summed E-state index contributed by atoms with van der Waals surface area (Å²) in [7, 11) is 0. The van der Waals surface area contributed by atoms with Crippen LogP contribution in [0.2, 0.25) is 0 Å². The molecule has 1 N–H and O–H groups in total. The number of benzene rings is 1. The molecule has 110 valence electrons. The third kappa shape index (κ3) is 2.14. The Balaban J connectivity index is 0.00000132. The molecule has 0 bridgehead atoms. The van der Waals surface area contributed by atoms with Gasteiger partial charge in [0.1, 0.15) is 11.6 Å². The molecule has 2 aliphatic rings. The molecule has 1 aromatic carbocycles. The largest absolute Gasteiger partial charge is 0.312 e. The summed E-state index contributed by atoms with van der Waals surface area (Å²) in [4.78, 5) is 3.78. The Hall–Kier alpha value is -1.52. The maximum absolute atomic E-state index is 14.3. The van der Waals surface area contributed by atoms with Crippen molar-refractivity contribution in [2.45, 2.75) is 24.8 Å². The fourth-order valence-corrected chi connectivity index (χ4v) is 3.32. The van der Waals surface area contributed by atoms with Gasteiger partial charge in [0.05, 0.1) is 6.20 Å². The zero-order chi connectivity index (χ0) is 13.7. The van der Waals surface area contributed by atoms with Crippen LogP contribution in [0.25, 0.3) is 11.1 Å². The topological polar surface area (TPSA) is 24.9 Å². The van der Waals surface area contributed by atoms with Gasteiger partial charge in [0.25, 0.3) is 0 Å². The lowest BCUT2D eigenvalue weighted by Crippen LogP contribution is -2.34. The average Bonchev–Trinajstić information content (AvgIpc) is 3.20. The first-order valence-electron chi connectivity index (χ1n) is 6.84. The van der Waals surface area contributed by atoms with Crippen LogP contribution in [0.4, 0.5) is 8.78 Å². The Morgan fingerprint density at radius 2 is 1.86 bits per heavy atom. The van der Waals surface area contributed by atoms with Gasteiger partial charge in [-0.2, -0.15) is 0 Å². The minimum atomic E-state index is -0.364. The van der Waals surface area contributed by atoms with E-state index in [4.69, 9.17) is 0 Å². The maximum Gasteiger partial charge on any atom is 0.149 e. The van der Waals surface area contributed by atoms with E-state index in [1.807, 2.05) is 0 Å². The van der Waals surface area contributed by atoms with Gasteiger partial charge in [0.15, 0.2) is 0 Å². The zero-order valence-corrected chi connectivity index (χ0v) is 12.1. The first kappa shape index (κ1) is 14.4. The van der Waals surface area contributed by atoms with E-state index in [0.717, 1.165) is 36.1 Å². The number of halogens is 3. The van der Waals surface area contributed by atoms with Gasteiger partial charge in [-0.3, -0.25) is 4.98 Å². The number of fused-ring (bicyclic) bond motifs is 2. The molecule has 1 spiro atoms. The highest BCUT2D eigenvalue weighted by atomic mass is 35.5. The number of pyridine rings is 1. The molecule has 4 rings (SSSR count). The summed E-state index contributed by atoms with van der Waals surface area (Å²) in [6, 6.07) is 4.80. The average molecular weight is 309 g/mol. The minimum Gasteiger partial charge on any atom is -0.312 e. The smallest absolute Gasteiger partial charge is 0.149 e. The third-order valence-corrected chi connectivity index (χ3v) is 4.47. The van der Waals surface area contributed by atoms with Crippen LogP contribution in [0.1, 0.15) is 24.0 Å². The van der Waals surface area contributed by atoms with E-state index >= 15 is 0 Å². The molecule has 1 aromatic heterocycles. The number of aromatic nitrogens is 1. The molecule has 1 saturated carbocycles. The molecule has 0 atom stereocenters. The summed E-state index contributed by atoms with van der Waals surface area (Å²) in [5, 5.41) is 3.35. The predicted molar refractivity (Wildman–Crippen MR) is 79.5 cm³/mol. The highest BCUT2D eigenvalue weighted by Gasteiger charge is 2.49. The molecule has 2 heterocycles. The second kappa shape index (κ2) is 5.04. The predicted octanol–water partition coefficient (Wildman–Crippen LogP) is 3.58. The van der Waals surface area contributed by atoms with Crippen molar-refractivity contribution in [3.8, 4) is 11.1 Å². The summed E-state index contributed by atoms with van der Waals surface area (Å²) in [5.74, 6) is -0.519. The fourth-order valence-electron chi connectivity index (χ4n) is 3.32. The van der Waals surface area contributed by atoms with Gasteiger partial charge in [-0.15, -0.1) is 12.4 Å². The van der Waals surface area contributed by atoms with Crippen LogP contribution in [-0.2, 0) is 12.0 Å². The molecule has 1 fully saturated rings. The van der Waals surface area contributed by atoms with Gasteiger partial charge in [-0.05, 0) is 36.1 Å². The highest BCUT2D eigenvalue weighted by molar-refractivity contribution is 5.85. The number of hydrogen-bond acceptors (Lipinski definition) is 2. The van der Waals surface area contributed by atoms with E-state index in [0.29, 0.717) is 12.1 Å². The Bertz CT molecular complexity index is 699. The van der Waals surface area contributed by atoms with E-state index in [9.17, 15) is 8.78 Å². The van der Waals surface area contributed by atoms with Crippen LogP contribution in [0, 0.1) is 11.6 Å². The zero-order valence-electron chi connectivity index (χ0n) is 11.3. The summed E-state index contributed by atoms with van der Waals surface area (Å²) in [6.45, 7) is 1.41. The number of nitrogens with one attached hydrogen (secondary N) is 1. The number of hydrogen-bond donors (Lipinski definition) is 1. The van der Waals surface area contributed by atoms with Crippen LogP contribution in [0.15, 0.2) is 30.6 Å². The maximum atomic E-state index is 14.3. The normalized spacial score (nSPS) is 18.0. The van der Waals surface area contributed by atoms with Crippen molar-refractivity contribution >= 4 is 12.4 Å². The molecule has 1 aliphatic heterocycles. The van der Waals surface area contributed by atoms with Crippen LogP contribution in [-0.4, -0.2) is 11.5 Å². The van der Waals surface area contributed by atoms with E-state index in [1.54, 1.807) is 18.3 Å². The molecule has 0 saturated heterocycles. The SMILES string of the molecule is Cl.Fc1cnccc1-c1ccc(F)c2c1CNCC21CC1. The van der Waals surface area contributed by atoms with E-state index in [2.05, 4.69) is 10.3 Å². The molecule has 5 heteroatoms. The van der Waals surface area contributed by atoms with Gasteiger partial charge < -0.3 is 5.32 Å². The first-order valence-corrected chi connectivity index (χ1v) is 6.84. The summed E-state index contributed by atoms with van der Waals surface area (Å²) in [6.07, 6.45) is 4.78. The van der Waals surface area contributed by atoms with Gasteiger partial charge in [0, 0.05) is 35.8 Å². The van der Waals surface area contributed by atoms with Crippen LogP contribution < -0.4 is 5.32 Å². The van der Waals surface area contributed by atoms with Crippen LogP contribution >= 0.6 is 12.4 Å². The number of rotatable bonds is 1. The molecule has 2 nitrogen and oxygen atoms in total.